The molecule has 0 aliphatic carbocycles. The monoisotopic (exact) mass is 526 g/mol. The van der Waals surface area contributed by atoms with Crippen LogP contribution >= 0.6 is 0 Å². The minimum absolute atomic E-state index is 0. The van der Waals surface area contributed by atoms with Gasteiger partial charge in [0.2, 0.25) is 0 Å². The number of benzene rings is 2. The van der Waals surface area contributed by atoms with Crippen molar-refractivity contribution in [2.75, 3.05) is 0 Å². The molecule has 2 aliphatic rings. The fourth-order valence-electron chi connectivity index (χ4n) is 4.89. The fraction of sp³-hybridized carbons (Fsp3) is 0. The van der Waals surface area contributed by atoms with E-state index in [0.717, 1.165) is 67.1 Å². The Morgan fingerprint density at radius 3 is 1.27 bits per heavy atom. The van der Waals surface area contributed by atoms with Gasteiger partial charge in [-0.3, -0.25) is 0 Å². The quantitative estimate of drug-likeness (QED) is 0.224. The van der Waals surface area contributed by atoms with Crippen LogP contribution in [-0.4, -0.2) is 19.9 Å². The molecule has 0 atom stereocenters. The van der Waals surface area contributed by atoms with Crippen molar-refractivity contribution in [1.82, 2.24) is 19.9 Å². The Balaban J connectivity index is 0.00000252. The third-order valence-corrected chi connectivity index (χ3v) is 6.47. The first-order valence-electron chi connectivity index (χ1n) is 12.0. The second kappa shape index (κ2) is 9.61. The summed E-state index contributed by atoms with van der Waals surface area (Å²) in [6, 6.07) is 33.6. The van der Waals surface area contributed by atoms with Gasteiger partial charge in [-0.25, -0.2) is 9.97 Å². The van der Waals surface area contributed by atoms with E-state index in [1.54, 1.807) is 0 Å². The molecule has 4 nitrogen and oxygen atoms in total. The summed E-state index contributed by atoms with van der Waals surface area (Å²) in [6.07, 6.45) is 8.22. The van der Waals surface area contributed by atoms with E-state index >= 15 is 0 Å². The molecular formula is C32H22N4Zn. The first-order chi connectivity index (χ1) is 17.8. The molecule has 0 saturated heterocycles. The smallest absolute Gasteiger partial charge is 0.0658 e. The molecule has 8 bridgehead atoms. The Morgan fingerprint density at radius 2 is 0.838 bits per heavy atom. The summed E-state index contributed by atoms with van der Waals surface area (Å²) in [4.78, 5) is 16.9. The zero-order chi connectivity index (χ0) is 23.9. The van der Waals surface area contributed by atoms with Crippen molar-refractivity contribution in [3.63, 3.8) is 0 Å². The van der Waals surface area contributed by atoms with Crippen LogP contribution in [0.1, 0.15) is 22.8 Å². The van der Waals surface area contributed by atoms with Crippen LogP contribution in [0.2, 0.25) is 0 Å². The van der Waals surface area contributed by atoms with Crippen LogP contribution in [0.25, 0.3) is 68.6 Å². The van der Waals surface area contributed by atoms with E-state index in [0.29, 0.717) is 0 Å². The third kappa shape index (κ3) is 4.50. The molecule has 5 aromatic rings. The van der Waals surface area contributed by atoms with Crippen molar-refractivity contribution >= 4 is 46.4 Å². The molecule has 0 radical (unpaired) electrons. The number of H-pyrrole nitrogens is 2. The Bertz CT molecular complexity index is 1700. The van der Waals surface area contributed by atoms with Crippen molar-refractivity contribution in [2.24, 2.45) is 0 Å². The maximum absolute atomic E-state index is 4.87. The molecule has 3 aromatic heterocycles. The number of fused-ring (bicyclic) bond motifs is 8. The van der Waals surface area contributed by atoms with E-state index in [9.17, 15) is 0 Å². The number of nitrogens with one attached hydrogen (secondary N) is 2. The summed E-state index contributed by atoms with van der Waals surface area (Å²) < 4.78 is 0. The van der Waals surface area contributed by atoms with Crippen LogP contribution in [0.4, 0.5) is 0 Å². The van der Waals surface area contributed by atoms with Crippen LogP contribution in [0.15, 0.2) is 97.1 Å². The molecule has 5 heteroatoms. The summed E-state index contributed by atoms with van der Waals surface area (Å²) in [5.74, 6) is 0. The van der Waals surface area contributed by atoms with E-state index in [-0.39, 0.29) is 19.5 Å². The Hall–Kier alpha value is -4.34. The van der Waals surface area contributed by atoms with Gasteiger partial charge in [0.15, 0.2) is 0 Å². The van der Waals surface area contributed by atoms with Crippen LogP contribution < -0.4 is 0 Å². The van der Waals surface area contributed by atoms with Gasteiger partial charge in [-0.05, 0) is 71.8 Å². The Labute approximate surface area is 227 Å². The van der Waals surface area contributed by atoms with Gasteiger partial charge in [-0.1, -0.05) is 60.7 Å². The summed E-state index contributed by atoms with van der Waals surface area (Å²) in [6.45, 7) is 0. The zero-order valence-corrected chi connectivity index (χ0v) is 23.1. The van der Waals surface area contributed by atoms with Gasteiger partial charge >= 0.3 is 0 Å². The van der Waals surface area contributed by atoms with Gasteiger partial charge in [-0.15, -0.1) is 0 Å². The van der Waals surface area contributed by atoms with Crippen molar-refractivity contribution in [2.45, 2.75) is 0 Å². The minimum Gasteiger partial charge on any atom is -0.355 e. The topological polar surface area (TPSA) is 57.4 Å². The van der Waals surface area contributed by atoms with Gasteiger partial charge in [0.1, 0.15) is 0 Å². The van der Waals surface area contributed by atoms with Crippen molar-refractivity contribution in [3.8, 4) is 22.3 Å². The van der Waals surface area contributed by atoms with Gasteiger partial charge in [0.05, 0.1) is 22.8 Å². The summed E-state index contributed by atoms with van der Waals surface area (Å²) in [7, 11) is 0. The van der Waals surface area contributed by atoms with Crippen molar-refractivity contribution in [1.29, 1.82) is 0 Å². The van der Waals surface area contributed by atoms with Gasteiger partial charge in [-0.2, -0.15) is 0 Å². The average Bonchev–Trinajstić information content (AvgIpc) is 3.70. The van der Waals surface area contributed by atoms with E-state index in [1.165, 1.54) is 0 Å². The fourth-order valence-corrected chi connectivity index (χ4v) is 4.89. The predicted molar refractivity (Wildman–Crippen MR) is 150 cm³/mol. The molecule has 0 saturated carbocycles. The number of aromatic amines is 2. The molecule has 2 N–H and O–H groups in total. The number of hydrogen-bond acceptors (Lipinski definition) is 2. The number of rotatable bonds is 2. The van der Waals surface area contributed by atoms with E-state index in [1.807, 2.05) is 0 Å². The zero-order valence-electron chi connectivity index (χ0n) is 20.1. The molecule has 5 heterocycles. The van der Waals surface area contributed by atoms with Crippen LogP contribution in [0.3, 0.4) is 0 Å². The largest absolute Gasteiger partial charge is 0.355 e. The summed E-state index contributed by atoms with van der Waals surface area (Å²) >= 11 is 0. The molecule has 2 aromatic carbocycles. The molecule has 37 heavy (non-hydrogen) atoms. The average molecular weight is 528 g/mol. The number of hydrogen-bond donors (Lipinski definition) is 2. The molecule has 0 amide bonds. The third-order valence-electron chi connectivity index (χ3n) is 6.47. The van der Waals surface area contributed by atoms with E-state index < -0.39 is 0 Å². The summed E-state index contributed by atoms with van der Waals surface area (Å²) in [5, 5.41) is 0. The second-order valence-electron chi connectivity index (χ2n) is 8.97. The number of nitrogens with zero attached hydrogens (tertiary/aromatic N) is 2. The molecule has 0 fully saturated rings. The first kappa shape index (κ1) is 23.1. The van der Waals surface area contributed by atoms with Crippen LogP contribution in [0, 0.1) is 0 Å². The minimum atomic E-state index is 0. The van der Waals surface area contributed by atoms with Crippen molar-refractivity contribution in [3.05, 3.63) is 120 Å². The van der Waals surface area contributed by atoms with Gasteiger partial charge in [0.25, 0.3) is 0 Å². The van der Waals surface area contributed by atoms with E-state index in [4.69, 9.17) is 9.97 Å². The van der Waals surface area contributed by atoms with Crippen molar-refractivity contribution < 1.29 is 19.5 Å². The van der Waals surface area contributed by atoms with E-state index in [2.05, 4.69) is 131 Å². The SMILES string of the molecule is C1=Cc2cc3[nH]c(cc4nc(cc5ccc(cc1n2)[nH]5)C=C4)c(-c1ccccc1)c3-c1ccccc1.[Zn]. The summed E-state index contributed by atoms with van der Waals surface area (Å²) in [5.41, 5.74) is 12.3. The van der Waals surface area contributed by atoms with Crippen LogP contribution in [0.5, 0.6) is 0 Å². The molecular weight excluding hydrogens is 506 g/mol. The molecule has 172 valence electrons. The normalized spacial score (nSPS) is 11.9. The van der Waals surface area contributed by atoms with Crippen LogP contribution in [-0.2, 0) is 19.5 Å². The molecule has 7 rings (SSSR count). The molecule has 0 unspecified atom stereocenters. The second-order valence-corrected chi connectivity index (χ2v) is 8.97. The predicted octanol–water partition coefficient (Wildman–Crippen LogP) is 7.99. The maximum Gasteiger partial charge on any atom is 0.0658 e. The first-order valence-corrected chi connectivity index (χ1v) is 12.0. The van der Waals surface area contributed by atoms with Gasteiger partial charge < -0.3 is 9.97 Å². The maximum atomic E-state index is 4.87. The molecule has 2 aliphatic heterocycles. The van der Waals surface area contributed by atoms with Gasteiger partial charge in [0, 0.05) is 52.7 Å². The molecule has 0 spiro atoms. The number of aromatic nitrogens is 4. The Kier molecular flexibility index (Phi) is 6.00. The Morgan fingerprint density at radius 1 is 0.432 bits per heavy atom. The standard InChI is InChI=1S/C32H22N4.Zn/c1-3-7-21(8-4-1)31-29-19-27-15-13-25(34-27)17-23-11-12-24(33-23)18-26-14-16-28(35-26)20-30(36-29)32(31)22-9-5-2-6-10-22;/h1-20,33,36H;.